The molecule has 0 heterocycles. The molecule has 112 valence electrons. The topological polar surface area (TPSA) is 86.7 Å². The molecule has 0 radical (unpaired) electrons. The molecule has 6 nitrogen and oxygen atoms in total. The Bertz CT molecular complexity index is 404. The van der Waals surface area contributed by atoms with Crippen molar-refractivity contribution in [2.45, 2.75) is 31.4 Å². The monoisotopic (exact) mass is 292 g/mol. The van der Waals surface area contributed by atoms with E-state index in [9.17, 15) is 13.2 Å². The van der Waals surface area contributed by atoms with Crippen molar-refractivity contribution in [3.63, 3.8) is 0 Å². The van der Waals surface area contributed by atoms with E-state index in [0.29, 0.717) is 37.9 Å². The van der Waals surface area contributed by atoms with Gasteiger partial charge in [0.25, 0.3) is 10.1 Å². The predicted octanol–water partition coefficient (Wildman–Crippen LogP) is 0.667. The Morgan fingerprint density at radius 3 is 2.37 bits per heavy atom. The maximum Gasteiger partial charge on any atom is 0.267 e. The van der Waals surface area contributed by atoms with Crippen molar-refractivity contribution in [1.29, 1.82) is 0 Å². The molecule has 0 aromatic carbocycles. The third kappa shape index (κ3) is 8.74. The second-order valence-electron chi connectivity index (χ2n) is 4.91. The van der Waals surface area contributed by atoms with E-state index in [1.807, 2.05) is 19.0 Å². The highest BCUT2D eigenvalue weighted by molar-refractivity contribution is 7.86. The molecule has 0 saturated carbocycles. The van der Waals surface area contributed by atoms with Crippen LogP contribution in [-0.4, -0.2) is 56.2 Å². The first kappa shape index (κ1) is 18.1. The highest BCUT2D eigenvalue weighted by atomic mass is 32.2. The van der Waals surface area contributed by atoms with Gasteiger partial charge in [-0.3, -0.25) is 9.35 Å². The van der Waals surface area contributed by atoms with Crippen molar-refractivity contribution >= 4 is 16.0 Å². The van der Waals surface area contributed by atoms with E-state index in [0.717, 1.165) is 0 Å². The van der Waals surface area contributed by atoms with E-state index in [1.54, 1.807) is 6.92 Å². The molecule has 0 spiro atoms. The number of nitrogens with zero attached hydrogens (tertiary/aromatic N) is 1. The van der Waals surface area contributed by atoms with Crippen molar-refractivity contribution < 1.29 is 17.8 Å². The van der Waals surface area contributed by atoms with Gasteiger partial charge >= 0.3 is 0 Å². The van der Waals surface area contributed by atoms with Crippen molar-refractivity contribution in [1.82, 2.24) is 10.2 Å². The van der Waals surface area contributed by atoms with Gasteiger partial charge in [-0.05, 0) is 46.8 Å². The number of carbonyl (C=O) groups excluding carboxylic acids is 1. The van der Waals surface area contributed by atoms with Gasteiger partial charge in [0, 0.05) is 12.1 Å². The Kier molecular flexibility index (Phi) is 7.89. The van der Waals surface area contributed by atoms with Gasteiger partial charge in [0.05, 0.1) is 5.25 Å². The highest BCUT2D eigenvalue weighted by Crippen LogP contribution is 2.11. The quantitative estimate of drug-likeness (QED) is 0.370. The Morgan fingerprint density at radius 2 is 1.95 bits per heavy atom. The Labute approximate surface area is 115 Å². The second kappa shape index (κ2) is 8.29. The largest absolute Gasteiger partial charge is 0.352 e. The van der Waals surface area contributed by atoms with Crippen LogP contribution in [0.15, 0.2) is 12.2 Å². The molecule has 0 aromatic heterocycles. The molecule has 0 rings (SSSR count). The van der Waals surface area contributed by atoms with E-state index >= 15 is 0 Å². The molecule has 0 aromatic rings. The summed E-state index contributed by atoms with van der Waals surface area (Å²) in [5.41, 5.74) is 0.416. The molecule has 0 aliphatic rings. The number of hydrogen-bond acceptors (Lipinski definition) is 4. The average molecular weight is 292 g/mol. The van der Waals surface area contributed by atoms with E-state index in [-0.39, 0.29) is 5.91 Å². The minimum absolute atomic E-state index is 0.239. The third-order valence-electron chi connectivity index (χ3n) is 2.70. The van der Waals surface area contributed by atoms with Crippen molar-refractivity contribution in [2.75, 3.05) is 27.2 Å². The van der Waals surface area contributed by atoms with E-state index < -0.39 is 15.4 Å². The summed E-state index contributed by atoms with van der Waals surface area (Å²) in [5, 5.41) is 1.85. The molecule has 0 bridgehead atoms. The zero-order valence-electron chi connectivity index (χ0n) is 11.8. The van der Waals surface area contributed by atoms with Crippen LogP contribution in [0.2, 0.25) is 0 Å². The fourth-order valence-corrected chi connectivity index (χ4v) is 2.39. The van der Waals surface area contributed by atoms with E-state index in [4.69, 9.17) is 4.55 Å². The second-order valence-corrected chi connectivity index (χ2v) is 6.60. The van der Waals surface area contributed by atoms with Crippen LogP contribution >= 0.6 is 0 Å². The maximum absolute atomic E-state index is 11.2. The van der Waals surface area contributed by atoms with E-state index in [1.165, 1.54) is 0 Å². The van der Waals surface area contributed by atoms with Crippen LogP contribution < -0.4 is 5.32 Å². The maximum atomic E-state index is 11.2. The molecule has 19 heavy (non-hydrogen) atoms. The molecule has 2 N–H and O–H groups in total. The third-order valence-corrected chi connectivity index (χ3v) is 4.01. The van der Waals surface area contributed by atoms with Crippen molar-refractivity contribution in [3.05, 3.63) is 12.2 Å². The fraction of sp³-hybridized carbons (Fsp3) is 0.750. The Morgan fingerprint density at radius 1 is 1.37 bits per heavy atom. The lowest BCUT2D eigenvalue weighted by Crippen LogP contribution is -2.29. The van der Waals surface area contributed by atoms with Gasteiger partial charge in [0.1, 0.15) is 0 Å². The normalized spacial score (nSPS) is 13.3. The van der Waals surface area contributed by atoms with Gasteiger partial charge in [-0.15, -0.1) is 0 Å². The Hall–Kier alpha value is -0.920. The molecular formula is C12H24N2O4S. The number of nitrogens with one attached hydrogen (secondary N) is 1. The summed E-state index contributed by atoms with van der Waals surface area (Å²) in [5.74, 6) is -0.239. The summed E-state index contributed by atoms with van der Waals surface area (Å²) >= 11 is 0. The standard InChI is InChI=1S/C12H24N2O4S/c1-10(2)12(15)13-8-5-6-11(19(16,17)18)7-9-14(3)4/h11H,1,5-9H2,2-4H3,(H,13,15)(H,16,17,18). The van der Waals surface area contributed by atoms with Crippen LogP contribution in [-0.2, 0) is 14.9 Å². The number of hydrogen-bond donors (Lipinski definition) is 2. The van der Waals surface area contributed by atoms with E-state index in [2.05, 4.69) is 11.9 Å². The van der Waals surface area contributed by atoms with Gasteiger partial charge in [0.2, 0.25) is 5.91 Å². The Balaban J connectivity index is 4.14. The first-order valence-corrected chi connectivity index (χ1v) is 7.69. The molecule has 1 amide bonds. The molecule has 0 aliphatic carbocycles. The lowest BCUT2D eigenvalue weighted by Gasteiger charge is -2.16. The van der Waals surface area contributed by atoms with Gasteiger partial charge < -0.3 is 10.2 Å². The highest BCUT2D eigenvalue weighted by Gasteiger charge is 2.22. The summed E-state index contributed by atoms with van der Waals surface area (Å²) in [6.07, 6.45) is 1.19. The SMILES string of the molecule is C=C(C)C(=O)NCCCC(CCN(C)C)S(=O)(=O)O. The summed E-state index contributed by atoms with van der Waals surface area (Å²) in [6, 6.07) is 0. The molecular weight excluding hydrogens is 268 g/mol. The molecule has 1 atom stereocenters. The molecule has 0 aliphatic heterocycles. The number of amides is 1. The first-order valence-electron chi connectivity index (χ1n) is 6.19. The molecule has 1 unspecified atom stereocenters. The summed E-state index contributed by atoms with van der Waals surface area (Å²) in [6.45, 7) is 6.07. The molecule has 0 saturated heterocycles. The smallest absolute Gasteiger partial charge is 0.267 e. The predicted molar refractivity (Wildman–Crippen MR) is 75.6 cm³/mol. The van der Waals surface area contributed by atoms with Gasteiger partial charge in [-0.2, -0.15) is 8.42 Å². The van der Waals surface area contributed by atoms with Crippen LogP contribution in [0.3, 0.4) is 0 Å². The summed E-state index contributed by atoms with van der Waals surface area (Å²) in [4.78, 5) is 13.1. The zero-order chi connectivity index (χ0) is 15.1. The van der Waals surface area contributed by atoms with Crippen LogP contribution in [0.4, 0.5) is 0 Å². The minimum Gasteiger partial charge on any atom is -0.352 e. The van der Waals surface area contributed by atoms with Crippen LogP contribution in [0.5, 0.6) is 0 Å². The van der Waals surface area contributed by atoms with Crippen LogP contribution in [0, 0.1) is 0 Å². The van der Waals surface area contributed by atoms with Gasteiger partial charge in [0.15, 0.2) is 0 Å². The minimum atomic E-state index is -4.03. The van der Waals surface area contributed by atoms with Crippen molar-refractivity contribution in [3.8, 4) is 0 Å². The first-order chi connectivity index (χ1) is 8.64. The summed E-state index contributed by atoms with van der Waals surface area (Å²) in [7, 11) is -0.352. The van der Waals surface area contributed by atoms with Gasteiger partial charge in [-0.25, -0.2) is 0 Å². The molecule has 0 fully saturated rings. The van der Waals surface area contributed by atoms with Crippen LogP contribution in [0.1, 0.15) is 26.2 Å². The molecule has 7 heteroatoms. The number of carbonyl (C=O) groups is 1. The summed E-state index contributed by atoms with van der Waals surface area (Å²) < 4.78 is 31.6. The van der Waals surface area contributed by atoms with Crippen molar-refractivity contribution in [2.24, 2.45) is 0 Å². The van der Waals surface area contributed by atoms with Gasteiger partial charge in [-0.1, -0.05) is 6.58 Å². The van der Waals surface area contributed by atoms with Crippen LogP contribution in [0.25, 0.3) is 0 Å². The lowest BCUT2D eigenvalue weighted by molar-refractivity contribution is -0.117. The number of rotatable bonds is 9. The fourth-order valence-electron chi connectivity index (χ4n) is 1.53. The lowest BCUT2D eigenvalue weighted by atomic mass is 10.1. The average Bonchev–Trinajstić information content (AvgIpc) is 2.25. The zero-order valence-corrected chi connectivity index (χ0v) is 12.7.